The van der Waals surface area contributed by atoms with Crippen LogP contribution in [0.4, 0.5) is 4.39 Å². The molecular weight excluding hydrogens is 449 g/mol. The molecule has 1 aliphatic heterocycles. The third-order valence-corrected chi connectivity index (χ3v) is 4.61. The van der Waals surface area contributed by atoms with Gasteiger partial charge >= 0.3 is 5.97 Å². The molecule has 0 radical (unpaired) electrons. The van der Waals surface area contributed by atoms with Gasteiger partial charge in [0, 0.05) is 12.6 Å². The van der Waals surface area contributed by atoms with Crippen LogP contribution in [0.2, 0.25) is 0 Å². The molecule has 1 aliphatic rings. The van der Waals surface area contributed by atoms with E-state index in [-0.39, 0.29) is 6.04 Å². The van der Waals surface area contributed by atoms with Gasteiger partial charge < -0.3 is 10.4 Å². The molecule has 8 nitrogen and oxygen atoms in total. The number of rotatable bonds is 11. The first-order chi connectivity index (χ1) is 15.7. The molecule has 33 heavy (non-hydrogen) atoms. The Kier molecular flexibility index (Phi) is 21.0. The van der Waals surface area contributed by atoms with Crippen molar-refractivity contribution in [3.05, 3.63) is 36.4 Å². The number of carboxylic acid groups (broad SMARTS) is 1. The summed E-state index contributed by atoms with van der Waals surface area (Å²) in [5.41, 5.74) is 0.324. The molecule has 1 rings (SSSR count). The highest BCUT2D eigenvalue weighted by molar-refractivity contribution is 7.83. The Bertz CT molecular complexity index is 698. The number of likely N-dealkylation sites (N-methyl/N-ethyl adjacent to an activating group) is 1. The highest BCUT2D eigenvalue weighted by Crippen LogP contribution is 2.15. The summed E-state index contributed by atoms with van der Waals surface area (Å²) in [6.07, 6.45) is 9.54. The molecule has 1 heterocycles. The van der Waals surface area contributed by atoms with Gasteiger partial charge in [0.2, 0.25) is 5.91 Å². The van der Waals surface area contributed by atoms with Crippen LogP contribution in [0.15, 0.2) is 41.4 Å². The molecule has 1 unspecified atom stereocenters. The van der Waals surface area contributed by atoms with Gasteiger partial charge in [0.05, 0.1) is 12.5 Å². The zero-order valence-electron chi connectivity index (χ0n) is 19.4. The Labute approximate surface area is 201 Å². The SMILES string of the molecule is C=CCC.C=CCC=N/C(C=O)=C\S.CN1CCCC[C@H]1C(=O)NC(CC(=O)O)C(=O)CF. The molecule has 0 spiro atoms. The summed E-state index contributed by atoms with van der Waals surface area (Å²) in [6, 6.07) is -1.66. The summed E-state index contributed by atoms with van der Waals surface area (Å²) in [4.78, 5) is 49.6. The fourth-order valence-corrected chi connectivity index (χ4v) is 2.64. The number of hydrogen-bond acceptors (Lipinski definition) is 7. The Balaban J connectivity index is 0. The number of carboxylic acids is 1. The molecule has 1 amide bonds. The summed E-state index contributed by atoms with van der Waals surface area (Å²) < 4.78 is 12.4. The number of nitrogens with zero attached hydrogens (tertiary/aromatic N) is 2. The van der Waals surface area contributed by atoms with Crippen LogP contribution < -0.4 is 5.32 Å². The van der Waals surface area contributed by atoms with Crippen molar-refractivity contribution in [1.29, 1.82) is 0 Å². The summed E-state index contributed by atoms with van der Waals surface area (Å²) in [7, 11) is 1.80. The fourth-order valence-electron chi connectivity index (χ4n) is 2.51. The summed E-state index contributed by atoms with van der Waals surface area (Å²) >= 11 is 3.76. The van der Waals surface area contributed by atoms with E-state index in [4.69, 9.17) is 5.11 Å². The molecule has 186 valence electrons. The lowest BCUT2D eigenvalue weighted by Gasteiger charge is -2.32. The minimum Gasteiger partial charge on any atom is -0.481 e. The fraction of sp³-hybridized carbons (Fsp3) is 0.522. The van der Waals surface area contributed by atoms with E-state index in [2.05, 4.69) is 43.0 Å². The average Bonchev–Trinajstić information content (AvgIpc) is 2.81. The van der Waals surface area contributed by atoms with Gasteiger partial charge in [-0.1, -0.05) is 25.5 Å². The van der Waals surface area contributed by atoms with Gasteiger partial charge in [0.1, 0.15) is 18.4 Å². The van der Waals surface area contributed by atoms with Gasteiger partial charge in [-0.2, -0.15) is 0 Å². The molecule has 0 aromatic rings. The lowest BCUT2D eigenvalue weighted by Crippen LogP contribution is -2.52. The van der Waals surface area contributed by atoms with E-state index in [1.807, 2.05) is 11.0 Å². The number of Topliss-reactive ketones (excluding diaryl/α,β-unsaturated/α-hetero) is 1. The van der Waals surface area contributed by atoms with Gasteiger partial charge in [0.25, 0.3) is 0 Å². The van der Waals surface area contributed by atoms with Gasteiger partial charge in [0.15, 0.2) is 12.1 Å². The summed E-state index contributed by atoms with van der Waals surface area (Å²) in [5, 5.41) is 12.4. The summed E-state index contributed by atoms with van der Waals surface area (Å²) in [6.45, 7) is 8.53. The molecule has 0 aromatic carbocycles. The quantitative estimate of drug-likeness (QED) is 0.136. The number of nitrogens with one attached hydrogen (secondary N) is 1. The zero-order valence-corrected chi connectivity index (χ0v) is 20.3. The van der Waals surface area contributed by atoms with E-state index >= 15 is 0 Å². The first-order valence-corrected chi connectivity index (χ1v) is 11.1. The maximum atomic E-state index is 12.4. The number of ketones is 1. The van der Waals surface area contributed by atoms with Crippen LogP contribution in [0.3, 0.4) is 0 Å². The maximum absolute atomic E-state index is 12.4. The van der Waals surface area contributed by atoms with Gasteiger partial charge in [-0.3, -0.25) is 29.1 Å². The zero-order chi connectivity index (χ0) is 25.6. The number of amides is 1. The number of carbonyl (C=O) groups is 4. The van der Waals surface area contributed by atoms with Gasteiger partial charge in [-0.05, 0) is 38.3 Å². The van der Waals surface area contributed by atoms with Crippen LogP contribution in [0.1, 0.15) is 45.4 Å². The Morgan fingerprint density at radius 2 is 1.94 bits per heavy atom. The molecule has 2 atom stereocenters. The van der Waals surface area contributed by atoms with E-state index < -0.39 is 36.8 Å². The van der Waals surface area contributed by atoms with Crippen molar-refractivity contribution in [2.24, 2.45) is 4.99 Å². The number of halogens is 1. The number of allylic oxidation sites excluding steroid dienone is 3. The second-order valence-corrected chi connectivity index (χ2v) is 7.21. The van der Waals surface area contributed by atoms with Crippen LogP contribution in [-0.4, -0.2) is 72.5 Å². The number of thiol groups is 1. The van der Waals surface area contributed by atoms with Crippen molar-refractivity contribution in [2.75, 3.05) is 20.3 Å². The van der Waals surface area contributed by atoms with Gasteiger partial charge in [-0.15, -0.1) is 25.8 Å². The first kappa shape index (κ1) is 32.6. The molecule has 10 heteroatoms. The monoisotopic (exact) mass is 485 g/mol. The van der Waals surface area contributed by atoms with Crippen LogP contribution in [-0.2, 0) is 19.2 Å². The number of aliphatic carboxylic acids is 1. The van der Waals surface area contributed by atoms with Gasteiger partial charge in [-0.25, -0.2) is 4.39 Å². The number of hydrogen-bond donors (Lipinski definition) is 3. The van der Waals surface area contributed by atoms with Crippen molar-refractivity contribution < 1.29 is 28.7 Å². The van der Waals surface area contributed by atoms with Crippen LogP contribution in [0, 0.1) is 0 Å². The van der Waals surface area contributed by atoms with Crippen LogP contribution >= 0.6 is 12.6 Å². The number of aldehydes is 1. The maximum Gasteiger partial charge on any atom is 0.305 e. The van der Waals surface area contributed by atoms with E-state index in [1.54, 1.807) is 19.3 Å². The summed E-state index contributed by atoms with van der Waals surface area (Å²) in [5.74, 6) is -2.56. The largest absolute Gasteiger partial charge is 0.481 e. The van der Waals surface area contributed by atoms with Crippen molar-refractivity contribution in [3.8, 4) is 0 Å². The molecule has 1 saturated heterocycles. The standard InChI is InChI=1S/C12H19FN2O4.C7H9NOS.C4H8/c1-15-5-3-2-4-9(15)12(19)14-8(6-11(17)18)10(16)7-13;1-2-3-4-8-7(5-9)6-10;1-3-4-2/h8-9H,2-7H2,1H3,(H,14,19)(H,17,18);2,4-6,10H,1,3H2;3H,1,4H2,2H3/b;7-6-,8-4?;/t8?,9-;;/m0../s1. The first-order valence-electron chi connectivity index (χ1n) is 10.6. The third-order valence-electron chi connectivity index (χ3n) is 4.34. The topological polar surface area (TPSA) is 116 Å². The lowest BCUT2D eigenvalue weighted by molar-refractivity contribution is -0.140. The van der Waals surface area contributed by atoms with Crippen molar-refractivity contribution in [2.45, 2.75) is 57.5 Å². The third kappa shape index (κ3) is 16.7. The molecule has 0 saturated carbocycles. The van der Waals surface area contributed by atoms with E-state index in [0.717, 1.165) is 25.8 Å². The lowest BCUT2D eigenvalue weighted by atomic mass is 10.0. The average molecular weight is 486 g/mol. The Morgan fingerprint density at radius 3 is 2.36 bits per heavy atom. The Morgan fingerprint density at radius 1 is 1.30 bits per heavy atom. The molecule has 0 bridgehead atoms. The minimum atomic E-state index is -1.29. The second kappa shape index (κ2) is 21.3. The molecule has 1 fully saturated rings. The highest BCUT2D eigenvalue weighted by atomic mass is 32.1. The number of aliphatic imine (C=N–C) groups is 1. The number of carbonyl (C=O) groups excluding carboxylic acids is 3. The highest BCUT2D eigenvalue weighted by Gasteiger charge is 2.30. The minimum absolute atomic E-state index is 0.324. The smallest absolute Gasteiger partial charge is 0.305 e. The van der Waals surface area contributed by atoms with Crippen molar-refractivity contribution >= 4 is 42.8 Å². The van der Waals surface area contributed by atoms with Crippen LogP contribution in [0.5, 0.6) is 0 Å². The Hall–Kier alpha value is -2.59. The molecule has 0 aliphatic carbocycles. The van der Waals surface area contributed by atoms with E-state index in [9.17, 15) is 23.6 Å². The number of alkyl halides is 1. The molecular formula is C23H36FN3O5S. The van der Waals surface area contributed by atoms with Crippen LogP contribution in [0.25, 0.3) is 0 Å². The van der Waals surface area contributed by atoms with Crippen molar-refractivity contribution in [3.63, 3.8) is 0 Å². The molecule has 2 N–H and O–H groups in total. The second-order valence-electron chi connectivity index (χ2n) is 6.96. The predicted octanol–water partition coefficient (Wildman–Crippen LogP) is 3.15. The molecule has 0 aromatic heterocycles. The predicted molar refractivity (Wildman–Crippen MR) is 132 cm³/mol. The van der Waals surface area contributed by atoms with E-state index in [1.165, 1.54) is 5.41 Å². The number of likely N-dealkylation sites (tertiary alicyclic amines) is 1. The normalized spacial score (nSPS) is 16.8. The number of piperidine rings is 1. The van der Waals surface area contributed by atoms with Crippen molar-refractivity contribution in [1.82, 2.24) is 10.2 Å². The van der Waals surface area contributed by atoms with E-state index in [0.29, 0.717) is 24.8 Å².